The average molecular weight is 327 g/mol. The number of pyridine rings is 1. The van der Waals surface area contributed by atoms with E-state index in [-0.39, 0.29) is 5.91 Å². The highest BCUT2D eigenvalue weighted by atomic mass is 16.5. The Hall–Kier alpha value is -2.73. The zero-order chi connectivity index (χ0) is 17.2. The van der Waals surface area contributed by atoms with E-state index < -0.39 is 17.3 Å². The highest BCUT2D eigenvalue weighted by Gasteiger charge is 2.66. The maximum Gasteiger partial charge on any atom is 0.317 e. The normalized spacial score (nSPS) is 21.8. The van der Waals surface area contributed by atoms with Crippen molar-refractivity contribution in [2.24, 2.45) is 5.92 Å². The number of benzene rings is 1. The first-order valence-corrected chi connectivity index (χ1v) is 7.64. The van der Waals surface area contributed by atoms with Gasteiger partial charge in [-0.3, -0.25) is 15.5 Å². The summed E-state index contributed by atoms with van der Waals surface area (Å²) in [4.78, 5) is 27.9. The molecular formula is C18H19N2O4+. The SMILES string of the molecule is COC(=O)[C@]1(c2cccc(OCc3cccnc3)c2)C[C@H]1C([NH3+])=O. The molecule has 124 valence electrons. The van der Waals surface area contributed by atoms with Gasteiger partial charge < -0.3 is 9.47 Å². The van der Waals surface area contributed by atoms with Crippen molar-refractivity contribution >= 4 is 11.9 Å². The number of aromatic nitrogens is 1. The first-order valence-electron chi connectivity index (χ1n) is 7.64. The standard InChI is InChI=1S/C18H18N2O4/c1-23-17(22)18(9-15(18)16(19)21)13-5-2-6-14(8-13)24-11-12-4-3-7-20-10-12/h2-8,10,15H,9,11H2,1H3,(H2,19,21)/p+1/t15-,18-/m0/s1. The van der Waals surface area contributed by atoms with Gasteiger partial charge in [0.1, 0.15) is 17.8 Å². The predicted octanol–water partition coefficient (Wildman–Crippen LogP) is 0.860. The van der Waals surface area contributed by atoms with E-state index in [9.17, 15) is 9.59 Å². The molecule has 1 heterocycles. The largest absolute Gasteiger partial charge is 0.489 e. The van der Waals surface area contributed by atoms with E-state index in [0.29, 0.717) is 18.8 Å². The van der Waals surface area contributed by atoms with Crippen LogP contribution in [0.4, 0.5) is 0 Å². The molecule has 0 aliphatic heterocycles. The van der Waals surface area contributed by atoms with Crippen LogP contribution >= 0.6 is 0 Å². The van der Waals surface area contributed by atoms with Crippen LogP contribution in [0.3, 0.4) is 0 Å². The summed E-state index contributed by atoms with van der Waals surface area (Å²) in [7, 11) is 1.33. The summed E-state index contributed by atoms with van der Waals surface area (Å²) in [6.07, 6.45) is 3.86. The lowest BCUT2D eigenvalue weighted by molar-refractivity contribution is -0.308. The van der Waals surface area contributed by atoms with E-state index in [1.54, 1.807) is 18.5 Å². The van der Waals surface area contributed by atoms with Gasteiger partial charge in [-0.25, -0.2) is 4.79 Å². The molecule has 0 unspecified atom stereocenters. The molecule has 2 aromatic rings. The summed E-state index contributed by atoms with van der Waals surface area (Å²) < 4.78 is 10.7. The predicted molar refractivity (Wildman–Crippen MR) is 84.7 cm³/mol. The minimum Gasteiger partial charge on any atom is -0.489 e. The van der Waals surface area contributed by atoms with E-state index >= 15 is 0 Å². The summed E-state index contributed by atoms with van der Waals surface area (Å²) in [5.41, 5.74) is 4.19. The van der Waals surface area contributed by atoms with E-state index in [1.807, 2.05) is 30.3 Å². The molecule has 1 aromatic heterocycles. The van der Waals surface area contributed by atoms with Gasteiger partial charge in [-0.15, -0.1) is 0 Å². The van der Waals surface area contributed by atoms with Crippen molar-refractivity contribution < 1.29 is 24.8 Å². The Morgan fingerprint density at radius 1 is 1.33 bits per heavy atom. The molecule has 1 amide bonds. The topological polar surface area (TPSA) is 93.1 Å². The number of esters is 1. The van der Waals surface area contributed by atoms with Crippen LogP contribution in [-0.4, -0.2) is 24.0 Å². The Kier molecular flexibility index (Phi) is 4.31. The number of carbonyl (C=O) groups is 2. The number of hydrogen-bond acceptors (Lipinski definition) is 5. The van der Waals surface area contributed by atoms with Crippen LogP contribution in [-0.2, 0) is 26.3 Å². The minimum absolute atomic E-state index is 0.248. The zero-order valence-electron chi connectivity index (χ0n) is 13.4. The van der Waals surface area contributed by atoms with Crippen LogP contribution in [0.1, 0.15) is 17.5 Å². The highest BCUT2D eigenvalue weighted by molar-refractivity contribution is 5.95. The Bertz CT molecular complexity index is 763. The fraction of sp³-hybridized carbons (Fsp3) is 0.278. The molecule has 1 aliphatic rings. The monoisotopic (exact) mass is 327 g/mol. The van der Waals surface area contributed by atoms with Gasteiger partial charge in [0, 0.05) is 18.0 Å². The molecule has 2 atom stereocenters. The number of carbonyl (C=O) groups excluding carboxylic acids is 2. The summed E-state index contributed by atoms with van der Waals surface area (Å²) in [6, 6.07) is 11.0. The lowest BCUT2D eigenvalue weighted by Crippen LogP contribution is -2.59. The van der Waals surface area contributed by atoms with E-state index in [1.165, 1.54) is 7.11 Å². The fourth-order valence-electron chi connectivity index (χ4n) is 3.01. The second kappa shape index (κ2) is 6.41. The third-order valence-corrected chi connectivity index (χ3v) is 4.38. The molecule has 1 saturated carbocycles. The van der Waals surface area contributed by atoms with Crippen molar-refractivity contribution in [2.45, 2.75) is 18.4 Å². The second-order valence-corrected chi connectivity index (χ2v) is 5.86. The van der Waals surface area contributed by atoms with Crippen LogP contribution in [0.5, 0.6) is 5.75 Å². The molecule has 0 radical (unpaired) electrons. The molecule has 1 fully saturated rings. The molecule has 0 bridgehead atoms. The maximum atomic E-state index is 12.3. The first kappa shape index (κ1) is 16.1. The molecule has 24 heavy (non-hydrogen) atoms. The molecular weight excluding hydrogens is 308 g/mol. The van der Waals surface area contributed by atoms with Crippen molar-refractivity contribution in [3.05, 3.63) is 59.9 Å². The first-order chi connectivity index (χ1) is 11.6. The summed E-state index contributed by atoms with van der Waals surface area (Å²) in [6.45, 7) is 0.375. The Labute approximate surface area is 139 Å². The zero-order valence-corrected chi connectivity index (χ0v) is 13.4. The fourth-order valence-corrected chi connectivity index (χ4v) is 3.01. The quantitative estimate of drug-likeness (QED) is 0.794. The van der Waals surface area contributed by atoms with E-state index in [4.69, 9.17) is 9.47 Å². The van der Waals surface area contributed by atoms with Crippen molar-refractivity contribution in [1.82, 2.24) is 4.98 Å². The number of methoxy groups -OCH3 is 1. The summed E-state index contributed by atoms with van der Waals surface area (Å²) in [5, 5.41) is 0. The minimum atomic E-state index is -0.929. The van der Waals surface area contributed by atoms with E-state index in [0.717, 1.165) is 11.1 Å². The van der Waals surface area contributed by atoms with Gasteiger partial charge in [0.05, 0.1) is 13.0 Å². The van der Waals surface area contributed by atoms with E-state index in [2.05, 4.69) is 10.7 Å². The molecule has 1 aromatic carbocycles. The Morgan fingerprint density at radius 3 is 2.79 bits per heavy atom. The van der Waals surface area contributed by atoms with Crippen LogP contribution in [0.15, 0.2) is 48.8 Å². The Balaban J connectivity index is 1.82. The van der Waals surface area contributed by atoms with Gasteiger partial charge in [-0.2, -0.15) is 0 Å². The van der Waals surface area contributed by atoms with Gasteiger partial charge in [-0.05, 0) is 30.2 Å². The van der Waals surface area contributed by atoms with Gasteiger partial charge in [0.25, 0.3) is 0 Å². The number of hydrogen-bond donors (Lipinski definition) is 1. The van der Waals surface area contributed by atoms with Gasteiger partial charge >= 0.3 is 11.9 Å². The van der Waals surface area contributed by atoms with Crippen molar-refractivity contribution in [3.8, 4) is 5.75 Å². The number of rotatable bonds is 6. The number of ether oxygens (including phenoxy) is 2. The highest BCUT2D eigenvalue weighted by Crippen LogP contribution is 2.55. The van der Waals surface area contributed by atoms with Crippen LogP contribution < -0.4 is 10.5 Å². The molecule has 3 rings (SSSR count). The van der Waals surface area contributed by atoms with Crippen molar-refractivity contribution in [3.63, 3.8) is 0 Å². The van der Waals surface area contributed by atoms with Crippen LogP contribution in [0.25, 0.3) is 0 Å². The Morgan fingerprint density at radius 2 is 2.17 bits per heavy atom. The maximum absolute atomic E-state index is 12.3. The molecule has 3 N–H and O–H groups in total. The number of quaternary nitrogens is 1. The van der Waals surface area contributed by atoms with Gasteiger partial charge in [0.2, 0.25) is 0 Å². The summed E-state index contributed by atoms with van der Waals surface area (Å²) in [5.74, 6) is -0.462. The number of amides is 1. The molecule has 6 nitrogen and oxygen atoms in total. The lowest BCUT2D eigenvalue weighted by Gasteiger charge is -2.15. The third kappa shape index (κ3) is 2.88. The third-order valence-electron chi connectivity index (χ3n) is 4.38. The molecule has 1 aliphatic carbocycles. The molecule has 0 spiro atoms. The van der Waals surface area contributed by atoms with Gasteiger partial charge in [0.15, 0.2) is 0 Å². The second-order valence-electron chi connectivity index (χ2n) is 5.86. The average Bonchev–Trinajstić information content (AvgIpc) is 3.38. The van der Waals surface area contributed by atoms with Crippen LogP contribution in [0, 0.1) is 5.92 Å². The number of nitrogens with zero attached hydrogens (tertiary/aromatic N) is 1. The molecule has 0 saturated heterocycles. The summed E-state index contributed by atoms with van der Waals surface area (Å²) >= 11 is 0. The van der Waals surface area contributed by atoms with Crippen molar-refractivity contribution in [1.29, 1.82) is 0 Å². The smallest absolute Gasteiger partial charge is 0.317 e. The van der Waals surface area contributed by atoms with Crippen LogP contribution in [0.2, 0.25) is 0 Å². The van der Waals surface area contributed by atoms with Crippen molar-refractivity contribution in [2.75, 3.05) is 7.11 Å². The molecule has 6 heteroatoms. The lowest BCUT2D eigenvalue weighted by atomic mass is 9.92. The van der Waals surface area contributed by atoms with Gasteiger partial charge in [-0.1, -0.05) is 18.2 Å².